The SMILES string of the molecule is CCC(C(=O)NCC(C)C)N(Cc1ccc(Cl)cc1)C(=O)COc1cccc(Cl)c1. The number of carbonyl (C=O) groups is 2. The Morgan fingerprint density at radius 3 is 2.37 bits per heavy atom. The van der Waals surface area contributed by atoms with E-state index in [1.54, 1.807) is 41.3 Å². The Labute approximate surface area is 188 Å². The molecule has 30 heavy (non-hydrogen) atoms. The summed E-state index contributed by atoms with van der Waals surface area (Å²) >= 11 is 12.0. The summed E-state index contributed by atoms with van der Waals surface area (Å²) in [6, 6.07) is 13.5. The molecular weight excluding hydrogens is 423 g/mol. The summed E-state index contributed by atoms with van der Waals surface area (Å²) in [5.41, 5.74) is 0.880. The van der Waals surface area contributed by atoms with Crippen LogP contribution >= 0.6 is 23.2 Å². The third-order valence-electron chi connectivity index (χ3n) is 4.50. The van der Waals surface area contributed by atoms with E-state index in [0.717, 1.165) is 5.56 Å². The van der Waals surface area contributed by atoms with Crippen LogP contribution in [0, 0.1) is 5.92 Å². The van der Waals surface area contributed by atoms with Crippen molar-refractivity contribution < 1.29 is 14.3 Å². The summed E-state index contributed by atoms with van der Waals surface area (Å²) in [5, 5.41) is 4.07. The normalized spacial score (nSPS) is 11.8. The van der Waals surface area contributed by atoms with Crippen LogP contribution in [0.5, 0.6) is 5.75 Å². The van der Waals surface area contributed by atoms with E-state index in [0.29, 0.717) is 34.7 Å². The maximum Gasteiger partial charge on any atom is 0.261 e. The number of carbonyl (C=O) groups excluding carboxylic acids is 2. The van der Waals surface area contributed by atoms with Crippen LogP contribution in [0.2, 0.25) is 10.0 Å². The Hall–Kier alpha value is -2.24. The highest BCUT2D eigenvalue weighted by molar-refractivity contribution is 6.30. The third kappa shape index (κ3) is 7.54. The van der Waals surface area contributed by atoms with Gasteiger partial charge in [-0.2, -0.15) is 0 Å². The van der Waals surface area contributed by atoms with E-state index in [2.05, 4.69) is 5.32 Å². The molecule has 1 N–H and O–H groups in total. The molecule has 2 amide bonds. The molecule has 2 aromatic rings. The quantitative estimate of drug-likeness (QED) is 0.556. The van der Waals surface area contributed by atoms with Crippen LogP contribution in [-0.2, 0) is 16.1 Å². The van der Waals surface area contributed by atoms with Gasteiger partial charge in [-0.15, -0.1) is 0 Å². The van der Waals surface area contributed by atoms with E-state index < -0.39 is 6.04 Å². The first kappa shape index (κ1) is 24.0. The number of nitrogens with zero attached hydrogens (tertiary/aromatic N) is 1. The Balaban J connectivity index is 2.18. The van der Waals surface area contributed by atoms with Gasteiger partial charge in [0.05, 0.1) is 0 Å². The number of nitrogens with one attached hydrogen (secondary N) is 1. The summed E-state index contributed by atoms with van der Waals surface area (Å²) in [5.74, 6) is 0.366. The Morgan fingerprint density at radius 1 is 1.07 bits per heavy atom. The standard InChI is InChI=1S/C23H28Cl2N2O3/c1-4-21(23(29)26-13-16(2)3)27(14-17-8-10-18(24)11-9-17)22(28)15-30-20-7-5-6-19(25)12-20/h5-12,16,21H,4,13-15H2,1-3H3,(H,26,29). The fraction of sp³-hybridized carbons (Fsp3) is 0.391. The molecule has 0 saturated carbocycles. The highest BCUT2D eigenvalue weighted by Crippen LogP contribution is 2.19. The second-order valence-corrected chi connectivity index (χ2v) is 8.33. The lowest BCUT2D eigenvalue weighted by Gasteiger charge is -2.30. The van der Waals surface area contributed by atoms with Gasteiger partial charge in [-0.05, 0) is 48.2 Å². The Kier molecular flexibility index (Phi) is 9.47. The number of rotatable bonds is 10. The van der Waals surface area contributed by atoms with Crippen molar-refractivity contribution >= 4 is 35.0 Å². The predicted molar refractivity (Wildman–Crippen MR) is 121 cm³/mol. The van der Waals surface area contributed by atoms with Crippen LogP contribution in [0.1, 0.15) is 32.8 Å². The van der Waals surface area contributed by atoms with Gasteiger partial charge in [0.25, 0.3) is 5.91 Å². The molecule has 0 heterocycles. The van der Waals surface area contributed by atoms with Crippen molar-refractivity contribution in [2.75, 3.05) is 13.2 Å². The number of ether oxygens (including phenoxy) is 1. The average molecular weight is 451 g/mol. The molecular formula is C23H28Cl2N2O3. The van der Waals surface area contributed by atoms with Crippen molar-refractivity contribution in [1.29, 1.82) is 0 Å². The summed E-state index contributed by atoms with van der Waals surface area (Å²) in [6.45, 7) is 6.58. The van der Waals surface area contributed by atoms with Crippen LogP contribution in [0.25, 0.3) is 0 Å². The molecule has 5 nitrogen and oxygen atoms in total. The maximum absolute atomic E-state index is 13.1. The molecule has 1 unspecified atom stereocenters. The van der Waals surface area contributed by atoms with Crippen molar-refractivity contribution in [2.24, 2.45) is 5.92 Å². The van der Waals surface area contributed by atoms with Gasteiger partial charge >= 0.3 is 0 Å². The van der Waals surface area contributed by atoms with E-state index in [-0.39, 0.29) is 25.0 Å². The minimum atomic E-state index is -0.602. The Bertz CT molecular complexity index is 841. The van der Waals surface area contributed by atoms with E-state index >= 15 is 0 Å². The first-order valence-corrected chi connectivity index (χ1v) is 10.8. The van der Waals surface area contributed by atoms with Gasteiger partial charge in [-0.1, -0.05) is 62.2 Å². The first-order valence-electron chi connectivity index (χ1n) is 10.00. The topological polar surface area (TPSA) is 58.6 Å². The number of hydrogen-bond donors (Lipinski definition) is 1. The average Bonchev–Trinajstić information content (AvgIpc) is 2.71. The van der Waals surface area contributed by atoms with Crippen LogP contribution < -0.4 is 10.1 Å². The van der Waals surface area contributed by atoms with E-state index in [4.69, 9.17) is 27.9 Å². The molecule has 7 heteroatoms. The van der Waals surface area contributed by atoms with Crippen molar-refractivity contribution in [3.8, 4) is 5.75 Å². The van der Waals surface area contributed by atoms with Crippen LogP contribution in [0.3, 0.4) is 0 Å². The molecule has 2 aromatic carbocycles. The third-order valence-corrected chi connectivity index (χ3v) is 4.98. The molecule has 0 spiro atoms. The molecule has 0 fully saturated rings. The second-order valence-electron chi connectivity index (χ2n) is 7.46. The summed E-state index contributed by atoms with van der Waals surface area (Å²) in [7, 11) is 0. The number of hydrogen-bond acceptors (Lipinski definition) is 3. The minimum Gasteiger partial charge on any atom is -0.484 e. The van der Waals surface area contributed by atoms with E-state index in [1.807, 2.05) is 32.9 Å². The van der Waals surface area contributed by atoms with Gasteiger partial charge < -0.3 is 15.0 Å². The van der Waals surface area contributed by atoms with Gasteiger partial charge in [0.2, 0.25) is 5.91 Å². The Morgan fingerprint density at radius 2 is 1.77 bits per heavy atom. The fourth-order valence-electron chi connectivity index (χ4n) is 2.91. The molecule has 0 aromatic heterocycles. The number of amides is 2. The molecule has 0 radical (unpaired) electrons. The lowest BCUT2D eigenvalue weighted by atomic mass is 10.1. The molecule has 2 rings (SSSR count). The van der Waals surface area contributed by atoms with E-state index in [9.17, 15) is 9.59 Å². The largest absolute Gasteiger partial charge is 0.484 e. The van der Waals surface area contributed by atoms with Crippen LogP contribution in [0.15, 0.2) is 48.5 Å². The zero-order valence-corrected chi connectivity index (χ0v) is 19.0. The van der Waals surface area contributed by atoms with Gasteiger partial charge in [0, 0.05) is 23.1 Å². The molecule has 0 aliphatic heterocycles. The minimum absolute atomic E-state index is 0.170. The maximum atomic E-state index is 13.1. The zero-order valence-electron chi connectivity index (χ0n) is 17.5. The van der Waals surface area contributed by atoms with Crippen LogP contribution in [0.4, 0.5) is 0 Å². The van der Waals surface area contributed by atoms with Crippen molar-refractivity contribution in [1.82, 2.24) is 10.2 Å². The van der Waals surface area contributed by atoms with Gasteiger partial charge in [0.15, 0.2) is 6.61 Å². The molecule has 0 saturated heterocycles. The van der Waals surface area contributed by atoms with Crippen molar-refractivity contribution in [3.05, 3.63) is 64.1 Å². The van der Waals surface area contributed by atoms with Gasteiger partial charge in [0.1, 0.15) is 11.8 Å². The van der Waals surface area contributed by atoms with Gasteiger partial charge in [-0.25, -0.2) is 0 Å². The van der Waals surface area contributed by atoms with Crippen molar-refractivity contribution in [3.63, 3.8) is 0 Å². The number of benzene rings is 2. The van der Waals surface area contributed by atoms with Gasteiger partial charge in [-0.3, -0.25) is 9.59 Å². The van der Waals surface area contributed by atoms with Crippen molar-refractivity contribution in [2.45, 2.75) is 39.8 Å². The first-order chi connectivity index (χ1) is 14.3. The molecule has 0 aliphatic carbocycles. The predicted octanol–water partition coefficient (Wildman–Crippen LogP) is 4.95. The molecule has 162 valence electrons. The smallest absolute Gasteiger partial charge is 0.261 e. The monoisotopic (exact) mass is 450 g/mol. The lowest BCUT2D eigenvalue weighted by molar-refractivity contribution is -0.143. The zero-order chi connectivity index (χ0) is 22.1. The lowest BCUT2D eigenvalue weighted by Crippen LogP contribution is -2.50. The molecule has 0 aliphatic rings. The molecule has 1 atom stereocenters. The summed E-state index contributed by atoms with van der Waals surface area (Å²) in [4.78, 5) is 27.4. The van der Waals surface area contributed by atoms with Crippen LogP contribution in [-0.4, -0.2) is 35.9 Å². The highest BCUT2D eigenvalue weighted by Gasteiger charge is 2.29. The summed E-state index contributed by atoms with van der Waals surface area (Å²) in [6.07, 6.45) is 0.487. The fourth-order valence-corrected chi connectivity index (χ4v) is 3.22. The molecule has 0 bridgehead atoms. The number of halogens is 2. The highest BCUT2D eigenvalue weighted by atomic mass is 35.5. The van der Waals surface area contributed by atoms with E-state index in [1.165, 1.54) is 0 Å². The summed E-state index contributed by atoms with van der Waals surface area (Å²) < 4.78 is 5.63. The second kappa shape index (κ2) is 11.8.